The number of amides is 2. The van der Waals surface area contributed by atoms with Crippen molar-refractivity contribution in [1.82, 2.24) is 19.6 Å². The van der Waals surface area contributed by atoms with E-state index in [1.807, 2.05) is 65.0 Å². The van der Waals surface area contributed by atoms with Crippen LogP contribution in [0.1, 0.15) is 55.5 Å². The summed E-state index contributed by atoms with van der Waals surface area (Å²) >= 11 is 0. The van der Waals surface area contributed by atoms with Gasteiger partial charge in [0.25, 0.3) is 0 Å². The highest BCUT2D eigenvalue weighted by atomic mass is 16.2. The van der Waals surface area contributed by atoms with Crippen LogP contribution >= 0.6 is 0 Å². The topological polar surface area (TPSA) is 58.4 Å². The maximum atomic E-state index is 13.5. The van der Waals surface area contributed by atoms with Crippen LogP contribution in [0.3, 0.4) is 0 Å². The highest BCUT2D eigenvalue weighted by Gasteiger charge is 2.56. The van der Waals surface area contributed by atoms with Crippen molar-refractivity contribution < 1.29 is 9.59 Å². The van der Waals surface area contributed by atoms with Crippen LogP contribution in [-0.4, -0.2) is 58.1 Å². The Kier molecular flexibility index (Phi) is 5.43. The van der Waals surface area contributed by atoms with E-state index in [2.05, 4.69) is 18.9 Å². The molecule has 2 fully saturated rings. The normalized spacial score (nSPS) is 24.3. The molecule has 2 aliphatic rings. The number of nitrogens with zero attached hydrogens (tertiary/aromatic N) is 4. The van der Waals surface area contributed by atoms with E-state index in [9.17, 15) is 9.59 Å². The van der Waals surface area contributed by atoms with E-state index in [1.165, 1.54) is 0 Å². The van der Waals surface area contributed by atoms with Crippen molar-refractivity contribution in [3.05, 3.63) is 53.3 Å². The highest BCUT2D eigenvalue weighted by Crippen LogP contribution is 2.49. The van der Waals surface area contributed by atoms with Gasteiger partial charge in [0.05, 0.1) is 11.8 Å². The lowest BCUT2D eigenvalue weighted by Crippen LogP contribution is -2.51. The van der Waals surface area contributed by atoms with Gasteiger partial charge in [-0.15, -0.1) is 0 Å². The second-order valence-electron chi connectivity index (χ2n) is 9.21. The van der Waals surface area contributed by atoms with Gasteiger partial charge in [-0.3, -0.25) is 14.3 Å². The number of piperidine rings is 1. The third-order valence-electron chi connectivity index (χ3n) is 6.93. The van der Waals surface area contributed by atoms with Crippen molar-refractivity contribution in [3.63, 3.8) is 0 Å². The Hall–Kier alpha value is -2.63. The molecule has 0 saturated carbocycles. The van der Waals surface area contributed by atoms with Crippen LogP contribution < -0.4 is 0 Å². The van der Waals surface area contributed by atoms with Crippen molar-refractivity contribution in [2.24, 2.45) is 5.41 Å². The maximum absolute atomic E-state index is 13.5. The van der Waals surface area contributed by atoms with Crippen LogP contribution in [-0.2, 0) is 16.0 Å². The molecule has 30 heavy (non-hydrogen) atoms. The van der Waals surface area contributed by atoms with Gasteiger partial charge in [0.2, 0.25) is 11.8 Å². The molecule has 6 heteroatoms. The molecule has 0 bridgehead atoms. The Bertz CT molecular complexity index is 950. The Morgan fingerprint density at radius 1 is 1.27 bits per heavy atom. The Morgan fingerprint density at radius 3 is 2.77 bits per heavy atom. The average molecular weight is 409 g/mol. The zero-order chi connectivity index (χ0) is 21.5. The molecule has 0 aliphatic carbocycles. The molecule has 2 amide bonds. The summed E-state index contributed by atoms with van der Waals surface area (Å²) in [7, 11) is 1.89. The predicted octanol–water partition coefficient (Wildman–Crippen LogP) is 3.18. The van der Waals surface area contributed by atoms with Crippen molar-refractivity contribution >= 4 is 11.8 Å². The van der Waals surface area contributed by atoms with E-state index < -0.39 is 5.41 Å². The van der Waals surface area contributed by atoms with Gasteiger partial charge in [-0.05, 0) is 50.8 Å². The van der Waals surface area contributed by atoms with Gasteiger partial charge in [0.15, 0.2) is 0 Å². The largest absolute Gasteiger partial charge is 0.345 e. The molecule has 160 valence electrons. The fourth-order valence-electron chi connectivity index (χ4n) is 5.28. The highest BCUT2D eigenvalue weighted by molar-refractivity contribution is 5.87. The summed E-state index contributed by atoms with van der Waals surface area (Å²) in [6, 6.07) is 10.3. The van der Waals surface area contributed by atoms with Crippen molar-refractivity contribution in [2.45, 2.75) is 52.0 Å². The smallest absolute Gasteiger partial charge is 0.231 e. The third kappa shape index (κ3) is 3.42. The summed E-state index contributed by atoms with van der Waals surface area (Å²) in [5.41, 5.74) is 2.70. The molecule has 2 atom stereocenters. The number of aryl methyl sites for hydroxylation is 1. The molecule has 0 N–H and O–H groups in total. The number of hydrogen-bond acceptors (Lipinski definition) is 3. The number of benzene rings is 1. The quantitative estimate of drug-likeness (QED) is 0.781. The average Bonchev–Trinajstić information content (AvgIpc) is 3.33. The lowest BCUT2D eigenvalue weighted by Gasteiger charge is -2.41. The third-order valence-corrected chi connectivity index (χ3v) is 6.93. The molecule has 1 aromatic carbocycles. The summed E-state index contributed by atoms with van der Waals surface area (Å²) < 4.78 is 2.02. The SMILES string of the molecule is Cc1ccccc1CC(=O)N1C[C@@H](c2ccnn2C(C)C)[C@@]2(CCCN(C)C2=O)C1. The summed E-state index contributed by atoms with van der Waals surface area (Å²) in [5.74, 6) is 0.239. The van der Waals surface area contributed by atoms with Gasteiger partial charge in [-0.25, -0.2) is 0 Å². The van der Waals surface area contributed by atoms with Crippen LogP contribution in [0.2, 0.25) is 0 Å². The zero-order valence-electron chi connectivity index (χ0n) is 18.5. The van der Waals surface area contributed by atoms with Gasteiger partial charge in [-0.1, -0.05) is 24.3 Å². The molecule has 4 rings (SSSR count). The lowest BCUT2D eigenvalue weighted by atomic mass is 9.70. The standard InChI is InChI=1S/C24H32N4O2/c1-17(2)28-21(10-12-25-28)20-15-27(16-24(20)11-7-13-26(4)23(24)30)22(29)14-19-9-6-5-8-18(19)3/h5-6,8-10,12,17,20H,7,11,13-16H2,1-4H3/t20-,24+/m0/s1. The number of rotatable bonds is 4. The molecule has 2 saturated heterocycles. The van der Waals surface area contributed by atoms with Crippen LogP contribution in [0.15, 0.2) is 36.5 Å². The Labute approximate surface area is 178 Å². The Morgan fingerprint density at radius 2 is 2.03 bits per heavy atom. The summed E-state index contributed by atoms with van der Waals surface area (Å²) in [4.78, 5) is 30.5. The molecule has 2 aliphatic heterocycles. The molecule has 0 unspecified atom stereocenters. The monoisotopic (exact) mass is 408 g/mol. The van der Waals surface area contributed by atoms with E-state index in [-0.39, 0.29) is 23.8 Å². The number of carbonyl (C=O) groups is 2. The van der Waals surface area contributed by atoms with Crippen LogP contribution in [0, 0.1) is 12.3 Å². The fraction of sp³-hybridized carbons (Fsp3) is 0.542. The van der Waals surface area contributed by atoms with E-state index in [0.29, 0.717) is 19.5 Å². The van der Waals surface area contributed by atoms with Gasteiger partial charge in [0.1, 0.15) is 0 Å². The van der Waals surface area contributed by atoms with Crippen molar-refractivity contribution in [1.29, 1.82) is 0 Å². The van der Waals surface area contributed by atoms with Crippen molar-refractivity contribution in [2.75, 3.05) is 26.7 Å². The van der Waals surface area contributed by atoms with Crippen LogP contribution in [0.4, 0.5) is 0 Å². The molecular formula is C24H32N4O2. The van der Waals surface area contributed by atoms with Gasteiger partial charge >= 0.3 is 0 Å². The molecule has 1 aromatic heterocycles. The zero-order valence-corrected chi connectivity index (χ0v) is 18.5. The van der Waals surface area contributed by atoms with Crippen LogP contribution in [0.5, 0.6) is 0 Å². The summed E-state index contributed by atoms with van der Waals surface area (Å²) in [6.07, 6.45) is 3.98. The van der Waals surface area contributed by atoms with Gasteiger partial charge in [0, 0.05) is 50.5 Å². The second kappa shape index (κ2) is 7.89. The first kappa shape index (κ1) is 20.6. The minimum absolute atomic E-state index is 0.0292. The van der Waals surface area contributed by atoms with Gasteiger partial charge in [-0.2, -0.15) is 5.10 Å². The summed E-state index contributed by atoms with van der Waals surface area (Å²) in [6.45, 7) is 8.10. The number of hydrogen-bond donors (Lipinski definition) is 0. The lowest BCUT2D eigenvalue weighted by molar-refractivity contribution is -0.145. The molecular weight excluding hydrogens is 376 g/mol. The first-order chi connectivity index (χ1) is 14.3. The number of likely N-dealkylation sites (tertiary alicyclic amines) is 2. The van der Waals surface area contributed by atoms with Crippen molar-refractivity contribution in [3.8, 4) is 0 Å². The van der Waals surface area contributed by atoms with E-state index in [4.69, 9.17) is 0 Å². The Balaban J connectivity index is 1.67. The van der Waals surface area contributed by atoms with Crippen LogP contribution in [0.25, 0.3) is 0 Å². The minimum atomic E-state index is -0.554. The first-order valence-corrected chi connectivity index (χ1v) is 10.9. The van der Waals surface area contributed by atoms with E-state index in [0.717, 1.165) is 36.2 Å². The molecule has 0 radical (unpaired) electrons. The molecule has 1 spiro atoms. The van der Waals surface area contributed by atoms with E-state index in [1.54, 1.807) is 0 Å². The second-order valence-corrected chi connectivity index (χ2v) is 9.21. The fourth-order valence-corrected chi connectivity index (χ4v) is 5.28. The predicted molar refractivity (Wildman–Crippen MR) is 116 cm³/mol. The summed E-state index contributed by atoms with van der Waals surface area (Å²) in [5, 5.41) is 4.52. The minimum Gasteiger partial charge on any atom is -0.345 e. The first-order valence-electron chi connectivity index (χ1n) is 10.9. The van der Waals surface area contributed by atoms with Gasteiger partial charge < -0.3 is 9.80 Å². The number of aromatic nitrogens is 2. The maximum Gasteiger partial charge on any atom is 0.231 e. The van der Waals surface area contributed by atoms with E-state index >= 15 is 0 Å². The number of carbonyl (C=O) groups excluding carboxylic acids is 2. The molecule has 6 nitrogen and oxygen atoms in total. The molecule has 2 aromatic rings. The molecule has 3 heterocycles.